The van der Waals surface area contributed by atoms with Crippen LogP contribution in [0, 0.1) is 5.92 Å². The largest absolute Gasteiger partial charge is 0.480 e. The van der Waals surface area contributed by atoms with Gasteiger partial charge >= 0.3 is 12.1 Å². The quantitative estimate of drug-likeness (QED) is 0.519. The Kier molecular flexibility index (Phi) is 7.61. The van der Waals surface area contributed by atoms with Gasteiger partial charge in [0.2, 0.25) is 5.91 Å². The molecule has 9 heteroatoms. The van der Waals surface area contributed by atoms with Gasteiger partial charge in [-0.2, -0.15) is 0 Å². The van der Waals surface area contributed by atoms with Gasteiger partial charge in [0.1, 0.15) is 18.5 Å². The van der Waals surface area contributed by atoms with Crippen molar-refractivity contribution in [1.29, 1.82) is 0 Å². The molecule has 2 aromatic rings. The number of hydrogen-bond acceptors (Lipinski definition) is 6. The van der Waals surface area contributed by atoms with Crippen molar-refractivity contribution in [2.75, 3.05) is 25.0 Å². The fourth-order valence-electron chi connectivity index (χ4n) is 4.23. The molecule has 9 nitrogen and oxygen atoms in total. The molecule has 1 aromatic heterocycles. The van der Waals surface area contributed by atoms with E-state index >= 15 is 0 Å². The van der Waals surface area contributed by atoms with Crippen LogP contribution in [-0.2, 0) is 33.8 Å². The Balaban J connectivity index is 1.18. The summed E-state index contributed by atoms with van der Waals surface area (Å²) in [6.45, 7) is 2.16. The molecule has 1 atom stereocenters. The normalized spacial score (nSPS) is 15.9. The van der Waals surface area contributed by atoms with E-state index in [-0.39, 0.29) is 18.9 Å². The Morgan fingerprint density at radius 3 is 2.74 bits per heavy atom. The van der Waals surface area contributed by atoms with Gasteiger partial charge in [-0.1, -0.05) is 36.4 Å². The number of carboxylic acids is 1. The summed E-state index contributed by atoms with van der Waals surface area (Å²) in [5.74, 6) is -0.206. The fourth-order valence-corrected chi connectivity index (χ4v) is 4.23. The van der Waals surface area contributed by atoms with E-state index in [9.17, 15) is 19.5 Å². The molecule has 0 aliphatic carbocycles. The van der Waals surface area contributed by atoms with Gasteiger partial charge in [-0.05, 0) is 48.8 Å². The third kappa shape index (κ3) is 6.24. The number of likely N-dealkylation sites (tertiary alicyclic amines) is 1. The molecule has 2 aliphatic rings. The molecular weight excluding hydrogens is 436 g/mol. The number of rotatable bonds is 9. The molecule has 0 saturated carbocycles. The van der Waals surface area contributed by atoms with E-state index in [1.54, 1.807) is 17.0 Å². The number of nitrogens with zero attached hydrogens (tertiary/aromatic N) is 2. The second kappa shape index (κ2) is 11.0. The lowest BCUT2D eigenvalue weighted by Gasteiger charge is -2.40. The smallest absolute Gasteiger partial charge is 0.408 e. The number of ether oxygens (including phenoxy) is 1. The number of pyridine rings is 1. The van der Waals surface area contributed by atoms with Crippen LogP contribution in [0.1, 0.15) is 36.1 Å². The minimum Gasteiger partial charge on any atom is -0.480 e. The summed E-state index contributed by atoms with van der Waals surface area (Å²) < 4.78 is 5.07. The maximum atomic E-state index is 12.5. The second-order valence-electron chi connectivity index (χ2n) is 8.85. The molecule has 0 bridgehead atoms. The van der Waals surface area contributed by atoms with Crippen molar-refractivity contribution >= 4 is 23.8 Å². The molecule has 2 amide bonds. The van der Waals surface area contributed by atoms with E-state index in [1.165, 1.54) is 5.56 Å². The van der Waals surface area contributed by atoms with E-state index in [0.29, 0.717) is 19.0 Å². The van der Waals surface area contributed by atoms with E-state index in [1.807, 2.05) is 18.2 Å². The van der Waals surface area contributed by atoms with Crippen molar-refractivity contribution in [1.82, 2.24) is 15.2 Å². The van der Waals surface area contributed by atoms with Crippen LogP contribution in [0.25, 0.3) is 0 Å². The molecule has 4 rings (SSSR count). The van der Waals surface area contributed by atoms with Crippen LogP contribution in [0.4, 0.5) is 10.6 Å². The van der Waals surface area contributed by atoms with Gasteiger partial charge in [0.05, 0.1) is 6.42 Å². The zero-order valence-corrected chi connectivity index (χ0v) is 19.0. The van der Waals surface area contributed by atoms with Gasteiger partial charge in [0.25, 0.3) is 0 Å². The molecule has 1 unspecified atom stereocenters. The average molecular weight is 467 g/mol. The first kappa shape index (κ1) is 23.5. The third-order valence-corrected chi connectivity index (χ3v) is 6.25. The van der Waals surface area contributed by atoms with E-state index in [0.717, 1.165) is 49.3 Å². The lowest BCUT2D eigenvalue weighted by molar-refractivity contribution is -0.145. The van der Waals surface area contributed by atoms with Crippen molar-refractivity contribution < 1.29 is 24.2 Å². The summed E-state index contributed by atoms with van der Waals surface area (Å²) in [5, 5.41) is 15.0. The number of aliphatic carboxylic acids is 1. The molecule has 180 valence electrons. The van der Waals surface area contributed by atoms with Crippen LogP contribution < -0.4 is 10.6 Å². The highest BCUT2D eigenvalue weighted by atomic mass is 16.5. The highest BCUT2D eigenvalue weighted by Crippen LogP contribution is 2.24. The highest BCUT2D eigenvalue weighted by molar-refractivity contribution is 5.87. The van der Waals surface area contributed by atoms with Crippen LogP contribution in [0.15, 0.2) is 42.5 Å². The Labute approximate surface area is 198 Å². The Bertz CT molecular complexity index is 1020. The number of nitrogens with one attached hydrogen (secondary N) is 2. The lowest BCUT2D eigenvalue weighted by Crippen LogP contribution is -2.53. The number of alkyl carbamates (subject to hydrolysis) is 1. The van der Waals surface area contributed by atoms with Gasteiger partial charge in [0.15, 0.2) is 0 Å². The number of carbonyl (C=O) groups is 3. The highest BCUT2D eigenvalue weighted by Gasteiger charge is 2.33. The zero-order valence-electron chi connectivity index (χ0n) is 19.0. The summed E-state index contributed by atoms with van der Waals surface area (Å²) in [7, 11) is 0. The average Bonchev–Trinajstić information content (AvgIpc) is 2.82. The molecule has 34 heavy (non-hydrogen) atoms. The van der Waals surface area contributed by atoms with Crippen LogP contribution in [0.3, 0.4) is 0 Å². The van der Waals surface area contributed by atoms with E-state index in [4.69, 9.17) is 9.72 Å². The van der Waals surface area contributed by atoms with Crippen LogP contribution in [-0.4, -0.2) is 58.6 Å². The molecular formula is C25H30N4O5. The summed E-state index contributed by atoms with van der Waals surface area (Å²) in [5.41, 5.74) is 3.09. The standard InChI is InChI=1S/C25H30N4O5/c30-22(13-21(24(31)32)28-25(33)34-16-17-5-2-1-3-6-17)29-14-18(15-29)8-10-20-11-9-19-7-4-12-26-23(19)27-20/h1-3,5-6,9,11,18,21H,4,7-8,10,12-16H2,(H,26,27)(H,28,33)(H,31,32). The van der Waals surface area contributed by atoms with Crippen LogP contribution >= 0.6 is 0 Å². The maximum absolute atomic E-state index is 12.5. The molecule has 3 heterocycles. The Hall–Kier alpha value is -3.62. The first-order valence-corrected chi connectivity index (χ1v) is 11.7. The van der Waals surface area contributed by atoms with Crippen molar-refractivity contribution in [3.05, 3.63) is 59.3 Å². The molecule has 1 fully saturated rings. The number of carboxylic acid groups (broad SMARTS) is 1. The Morgan fingerprint density at radius 2 is 1.97 bits per heavy atom. The SMILES string of the molecule is O=C(NC(CC(=O)N1CC(CCc2ccc3c(n2)NCCC3)C1)C(=O)O)OCc1ccccc1. The summed E-state index contributed by atoms with van der Waals surface area (Å²) >= 11 is 0. The molecule has 1 aromatic carbocycles. The summed E-state index contributed by atoms with van der Waals surface area (Å²) in [6.07, 6.45) is 2.79. The number of hydrogen-bond donors (Lipinski definition) is 3. The van der Waals surface area contributed by atoms with Crippen molar-refractivity contribution in [3.8, 4) is 0 Å². The number of amides is 2. The van der Waals surface area contributed by atoms with Crippen LogP contribution in [0.2, 0.25) is 0 Å². The van der Waals surface area contributed by atoms with Gasteiger partial charge < -0.3 is 25.4 Å². The zero-order chi connectivity index (χ0) is 23.9. The summed E-state index contributed by atoms with van der Waals surface area (Å²) in [4.78, 5) is 42.4. The molecule has 1 saturated heterocycles. The number of aryl methyl sites for hydroxylation is 2. The van der Waals surface area contributed by atoms with Gasteiger partial charge in [-0.15, -0.1) is 0 Å². The molecule has 3 N–H and O–H groups in total. The van der Waals surface area contributed by atoms with Gasteiger partial charge in [-0.25, -0.2) is 14.6 Å². The number of fused-ring (bicyclic) bond motifs is 1. The molecule has 2 aliphatic heterocycles. The first-order chi connectivity index (χ1) is 16.5. The predicted octanol–water partition coefficient (Wildman–Crippen LogP) is 2.60. The maximum Gasteiger partial charge on any atom is 0.408 e. The second-order valence-corrected chi connectivity index (χ2v) is 8.85. The van der Waals surface area contributed by atoms with Crippen molar-refractivity contribution in [2.24, 2.45) is 5.92 Å². The molecule has 0 spiro atoms. The topological polar surface area (TPSA) is 121 Å². The fraction of sp³-hybridized carbons (Fsp3) is 0.440. The summed E-state index contributed by atoms with van der Waals surface area (Å²) in [6, 6.07) is 12.0. The first-order valence-electron chi connectivity index (χ1n) is 11.7. The number of carbonyl (C=O) groups excluding carboxylic acids is 2. The minimum atomic E-state index is -1.33. The van der Waals surface area contributed by atoms with Crippen molar-refractivity contribution in [3.63, 3.8) is 0 Å². The number of aromatic nitrogens is 1. The van der Waals surface area contributed by atoms with E-state index in [2.05, 4.69) is 22.8 Å². The van der Waals surface area contributed by atoms with Crippen molar-refractivity contribution in [2.45, 2.75) is 44.8 Å². The number of benzene rings is 1. The van der Waals surface area contributed by atoms with Gasteiger partial charge in [0, 0.05) is 25.3 Å². The molecule has 0 radical (unpaired) electrons. The van der Waals surface area contributed by atoms with Crippen LogP contribution in [0.5, 0.6) is 0 Å². The van der Waals surface area contributed by atoms with Gasteiger partial charge in [-0.3, -0.25) is 4.79 Å². The Morgan fingerprint density at radius 1 is 1.18 bits per heavy atom. The third-order valence-electron chi connectivity index (χ3n) is 6.25. The number of anilines is 1. The minimum absolute atomic E-state index is 0.0237. The monoisotopic (exact) mass is 466 g/mol. The lowest BCUT2D eigenvalue weighted by atomic mass is 9.93. The predicted molar refractivity (Wildman–Crippen MR) is 125 cm³/mol. The van der Waals surface area contributed by atoms with E-state index < -0.39 is 18.1 Å².